The van der Waals surface area contributed by atoms with Gasteiger partial charge in [0.1, 0.15) is 5.82 Å². The van der Waals surface area contributed by atoms with Crippen molar-refractivity contribution >= 4 is 17.5 Å². The van der Waals surface area contributed by atoms with Gasteiger partial charge in [-0.2, -0.15) is 0 Å². The molecular weight excluding hydrogens is 353 g/mol. The van der Waals surface area contributed by atoms with Crippen LogP contribution in [-0.4, -0.2) is 15.9 Å². The van der Waals surface area contributed by atoms with Crippen molar-refractivity contribution in [2.45, 2.75) is 19.4 Å². The lowest BCUT2D eigenvalue weighted by atomic mass is 10.1. The summed E-state index contributed by atoms with van der Waals surface area (Å²) in [6.07, 6.45) is 5.90. The quantitative estimate of drug-likeness (QED) is 0.709. The van der Waals surface area contributed by atoms with Crippen molar-refractivity contribution in [2.24, 2.45) is 0 Å². The fourth-order valence-corrected chi connectivity index (χ4v) is 2.62. The van der Waals surface area contributed by atoms with E-state index in [4.69, 9.17) is 11.6 Å². The van der Waals surface area contributed by atoms with Crippen LogP contribution in [-0.2, 0) is 17.8 Å². The SMILES string of the molecule is O=C(CCc1ccc(Cl)c(F)c1)NCc1ccnc(-c2cccnc2)c1. The van der Waals surface area contributed by atoms with Crippen molar-refractivity contribution < 1.29 is 9.18 Å². The zero-order valence-corrected chi connectivity index (χ0v) is 14.7. The van der Waals surface area contributed by atoms with Gasteiger partial charge in [0.15, 0.2) is 0 Å². The monoisotopic (exact) mass is 369 g/mol. The number of pyridine rings is 2. The van der Waals surface area contributed by atoms with E-state index in [9.17, 15) is 9.18 Å². The van der Waals surface area contributed by atoms with Crippen LogP contribution in [0.1, 0.15) is 17.5 Å². The highest BCUT2D eigenvalue weighted by molar-refractivity contribution is 6.30. The number of carbonyl (C=O) groups excluding carboxylic acids is 1. The first kappa shape index (κ1) is 18.0. The zero-order chi connectivity index (χ0) is 18.4. The minimum Gasteiger partial charge on any atom is -0.352 e. The predicted molar refractivity (Wildman–Crippen MR) is 99.0 cm³/mol. The molecule has 0 saturated carbocycles. The van der Waals surface area contributed by atoms with Crippen molar-refractivity contribution in [1.29, 1.82) is 0 Å². The second-order valence-electron chi connectivity index (χ2n) is 5.82. The number of hydrogen-bond donors (Lipinski definition) is 1. The van der Waals surface area contributed by atoms with Gasteiger partial charge in [-0.25, -0.2) is 4.39 Å². The normalized spacial score (nSPS) is 10.5. The molecule has 6 heteroatoms. The first-order chi connectivity index (χ1) is 12.6. The molecule has 3 aromatic rings. The summed E-state index contributed by atoms with van der Waals surface area (Å²) in [6.45, 7) is 0.406. The lowest BCUT2D eigenvalue weighted by Crippen LogP contribution is -2.23. The number of benzene rings is 1. The number of hydrogen-bond acceptors (Lipinski definition) is 3. The van der Waals surface area contributed by atoms with Gasteiger partial charge in [-0.05, 0) is 53.9 Å². The van der Waals surface area contributed by atoms with E-state index in [1.54, 1.807) is 24.7 Å². The number of nitrogens with one attached hydrogen (secondary N) is 1. The van der Waals surface area contributed by atoms with Gasteiger partial charge >= 0.3 is 0 Å². The fourth-order valence-electron chi connectivity index (χ4n) is 2.50. The highest BCUT2D eigenvalue weighted by atomic mass is 35.5. The summed E-state index contributed by atoms with van der Waals surface area (Å²) < 4.78 is 13.4. The molecule has 132 valence electrons. The van der Waals surface area contributed by atoms with Crippen LogP contribution >= 0.6 is 11.6 Å². The Balaban J connectivity index is 1.54. The Kier molecular flexibility index (Phi) is 5.92. The molecule has 0 fully saturated rings. The van der Waals surface area contributed by atoms with Gasteiger partial charge in [0.2, 0.25) is 5.91 Å². The molecule has 0 aliphatic carbocycles. The third-order valence-corrected chi connectivity index (χ3v) is 4.20. The molecule has 0 spiro atoms. The van der Waals surface area contributed by atoms with Crippen LogP contribution in [0.5, 0.6) is 0 Å². The Hall–Kier alpha value is -2.79. The molecule has 2 aromatic heterocycles. The molecule has 0 atom stereocenters. The summed E-state index contributed by atoms with van der Waals surface area (Å²) in [5.74, 6) is -0.565. The van der Waals surface area contributed by atoms with E-state index in [1.807, 2.05) is 24.3 Å². The van der Waals surface area contributed by atoms with Crippen LogP contribution in [0.25, 0.3) is 11.3 Å². The van der Waals surface area contributed by atoms with Gasteiger partial charge in [0.25, 0.3) is 0 Å². The summed E-state index contributed by atoms with van der Waals surface area (Å²) in [5.41, 5.74) is 3.42. The molecule has 0 aliphatic heterocycles. The Morgan fingerprint density at radius 1 is 1.12 bits per heavy atom. The Labute approximate surface area is 156 Å². The first-order valence-electron chi connectivity index (χ1n) is 8.18. The Morgan fingerprint density at radius 3 is 2.77 bits per heavy atom. The Morgan fingerprint density at radius 2 is 2.00 bits per heavy atom. The van der Waals surface area contributed by atoms with Crippen molar-refractivity contribution in [2.75, 3.05) is 0 Å². The lowest BCUT2D eigenvalue weighted by Gasteiger charge is -2.07. The van der Waals surface area contributed by atoms with Gasteiger partial charge in [-0.3, -0.25) is 14.8 Å². The molecule has 26 heavy (non-hydrogen) atoms. The van der Waals surface area contributed by atoms with E-state index in [0.29, 0.717) is 13.0 Å². The molecular formula is C20H17ClFN3O. The highest BCUT2D eigenvalue weighted by Gasteiger charge is 2.06. The van der Waals surface area contributed by atoms with Gasteiger partial charge in [-0.1, -0.05) is 17.7 Å². The zero-order valence-electron chi connectivity index (χ0n) is 14.0. The molecule has 0 bridgehead atoms. The molecule has 1 N–H and O–H groups in total. The average molecular weight is 370 g/mol. The molecule has 3 rings (SSSR count). The van der Waals surface area contributed by atoms with E-state index in [1.165, 1.54) is 12.1 Å². The minimum atomic E-state index is -0.468. The number of amides is 1. The van der Waals surface area contributed by atoms with Gasteiger partial charge in [0.05, 0.1) is 10.7 Å². The van der Waals surface area contributed by atoms with Crippen LogP contribution in [0.3, 0.4) is 0 Å². The van der Waals surface area contributed by atoms with Gasteiger partial charge in [-0.15, -0.1) is 0 Å². The molecule has 2 heterocycles. The maximum Gasteiger partial charge on any atom is 0.220 e. The number of carbonyl (C=O) groups is 1. The topological polar surface area (TPSA) is 54.9 Å². The molecule has 0 saturated heterocycles. The van der Waals surface area contributed by atoms with Crippen LogP contribution in [0.15, 0.2) is 61.1 Å². The van der Waals surface area contributed by atoms with E-state index in [2.05, 4.69) is 15.3 Å². The number of halogens is 2. The van der Waals surface area contributed by atoms with Gasteiger partial charge in [0, 0.05) is 37.1 Å². The average Bonchev–Trinajstić information content (AvgIpc) is 2.68. The smallest absolute Gasteiger partial charge is 0.220 e. The van der Waals surface area contributed by atoms with Crippen molar-refractivity contribution in [3.63, 3.8) is 0 Å². The standard InChI is InChI=1S/C20H17ClFN3O/c21-17-5-3-14(10-18(17)22)4-6-20(26)25-12-15-7-9-24-19(11-15)16-2-1-8-23-13-16/h1-3,5,7-11,13H,4,6,12H2,(H,25,26). The minimum absolute atomic E-state index is 0.0836. The number of rotatable bonds is 6. The van der Waals surface area contributed by atoms with Crippen LogP contribution in [0.4, 0.5) is 4.39 Å². The van der Waals surface area contributed by atoms with Crippen LogP contribution in [0.2, 0.25) is 5.02 Å². The molecule has 1 aromatic carbocycles. The largest absolute Gasteiger partial charge is 0.352 e. The third-order valence-electron chi connectivity index (χ3n) is 3.90. The maximum absolute atomic E-state index is 13.4. The number of aromatic nitrogens is 2. The summed E-state index contributed by atoms with van der Waals surface area (Å²) in [4.78, 5) is 20.5. The van der Waals surface area contributed by atoms with E-state index < -0.39 is 5.82 Å². The summed E-state index contributed by atoms with van der Waals surface area (Å²) in [5, 5.41) is 2.96. The lowest BCUT2D eigenvalue weighted by molar-refractivity contribution is -0.121. The second-order valence-corrected chi connectivity index (χ2v) is 6.22. The second kappa shape index (κ2) is 8.54. The molecule has 0 radical (unpaired) electrons. The van der Waals surface area contributed by atoms with Crippen molar-refractivity contribution in [1.82, 2.24) is 15.3 Å². The predicted octanol–water partition coefficient (Wildman–Crippen LogP) is 4.19. The summed E-state index contributed by atoms with van der Waals surface area (Å²) >= 11 is 5.65. The maximum atomic E-state index is 13.4. The summed E-state index contributed by atoms with van der Waals surface area (Å²) in [7, 11) is 0. The number of aryl methyl sites for hydroxylation is 1. The van der Waals surface area contributed by atoms with E-state index in [0.717, 1.165) is 22.4 Å². The van der Waals surface area contributed by atoms with Crippen LogP contribution < -0.4 is 5.32 Å². The van der Waals surface area contributed by atoms with Crippen molar-refractivity contribution in [3.05, 3.63) is 83.0 Å². The van der Waals surface area contributed by atoms with E-state index in [-0.39, 0.29) is 17.4 Å². The third kappa shape index (κ3) is 4.86. The molecule has 0 unspecified atom stereocenters. The molecule has 0 aliphatic rings. The fraction of sp³-hybridized carbons (Fsp3) is 0.150. The van der Waals surface area contributed by atoms with Gasteiger partial charge < -0.3 is 5.32 Å². The molecule has 4 nitrogen and oxygen atoms in total. The number of nitrogens with zero attached hydrogens (tertiary/aromatic N) is 2. The molecule has 1 amide bonds. The highest BCUT2D eigenvalue weighted by Crippen LogP contribution is 2.17. The summed E-state index contributed by atoms with van der Waals surface area (Å²) in [6, 6.07) is 12.1. The Bertz CT molecular complexity index is 903. The van der Waals surface area contributed by atoms with Crippen LogP contribution in [0, 0.1) is 5.82 Å². The first-order valence-corrected chi connectivity index (χ1v) is 8.55. The van der Waals surface area contributed by atoms with Crippen molar-refractivity contribution in [3.8, 4) is 11.3 Å². The van der Waals surface area contributed by atoms with E-state index >= 15 is 0 Å².